The molecule has 26 heavy (non-hydrogen) atoms. The summed E-state index contributed by atoms with van der Waals surface area (Å²) >= 11 is 1.62. The van der Waals surface area contributed by atoms with Crippen molar-refractivity contribution in [3.05, 3.63) is 54.6 Å². The van der Waals surface area contributed by atoms with Crippen molar-refractivity contribution in [3.8, 4) is 0 Å². The molecule has 2 aromatic rings. The van der Waals surface area contributed by atoms with Gasteiger partial charge in [0, 0.05) is 15.2 Å². The van der Waals surface area contributed by atoms with E-state index in [0.29, 0.717) is 18.8 Å². The van der Waals surface area contributed by atoms with Gasteiger partial charge < -0.3 is 5.32 Å². The maximum atomic E-state index is 13.2. The van der Waals surface area contributed by atoms with Crippen LogP contribution in [-0.4, -0.2) is 11.7 Å². The van der Waals surface area contributed by atoms with Crippen LogP contribution in [-0.2, 0) is 9.59 Å². The largest absolute Gasteiger partial charge is 0.324 e. The van der Waals surface area contributed by atoms with E-state index in [1.54, 1.807) is 11.8 Å². The van der Waals surface area contributed by atoms with Crippen LogP contribution < -0.4 is 5.32 Å². The molecule has 2 fully saturated rings. The van der Waals surface area contributed by atoms with Crippen LogP contribution in [0.2, 0.25) is 0 Å². The first-order valence-corrected chi connectivity index (χ1v) is 9.93. The number of benzene rings is 2. The van der Waals surface area contributed by atoms with Gasteiger partial charge in [0.05, 0.1) is 5.69 Å². The quantitative estimate of drug-likeness (QED) is 0.760. The number of Topliss-reactive ketones (excluding diaryl/α,β-unsaturated/α-hetero) is 1. The van der Waals surface area contributed by atoms with Crippen molar-refractivity contribution >= 4 is 29.1 Å². The third kappa shape index (κ3) is 2.67. The van der Waals surface area contributed by atoms with Gasteiger partial charge in [-0.1, -0.05) is 55.9 Å². The molecule has 1 N–H and O–H groups in total. The second-order valence-corrected chi connectivity index (χ2v) is 9.05. The third-order valence-electron chi connectivity index (χ3n) is 6.10. The Balaban J connectivity index is 1.59. The minimum absolute atomic E-state index is 0.118. The number of fused-ring (bicyclic) bond motifs is 2. The lowest BCUT2D eigenvalue weighted by Crippen LogP contribution is -2.44. The number of carbonyl (C=O) groups is 2. The van der Waals surface area contributed by atoms with Gasteiger partial charge in [-0.05, 0) is 49.4 Å². The molecule has 0 spiro atoms. The number of nitrogens with one attached hydrogen (secondary N) is 1. The zero-order chi connectivity index (χ0) is 18.4. The van der Waals surface area contributed by atoms with E-state index in [-0.39, 0.29) is 17.1 Å². The molecular formula is C22H23NO2S. The van der Waals surface area contributed by atoms with Crippen molar-refractivity contribution in [3.63, 3.8) is 0 Å². The maximum absolute atomic E-state index is 13.2. The summed E-state index contributed by atoms with van der Waals surface area (Å²) < 4.78 is 0. The number of carbonyl (C=O) groups excluding carboxylic acids is 2. The second-order valence-electron chi connectivity index (χ2n) is 7.94. The van der Waals surface area contributed by atoms with E-state index in [4.69, 9.17) is 0 Å². The van der Waals surface area contributed by atoms with E-state index in [1.165, 1.54) is 0 Å². The molecule has 2 unspecified atom stereocenters. The molecule has 2 saturated carbocycles. The third-order valence-corrected chi connectivity index (χ3v) is 7.18. The Morgan fingerprint density at radius 2 is 1.77 bits per heavy atom. The van der Waals surface area contributed by atoms with Crippen LogP contribution >= 0.6 is 11.8 Å². The highest BCUT2D eigenvalue weighted by Crippen LogP contribution is 2.60. The summed E-state index contributed by atoms with van der Waals surface area (Å²) in [5, 5.41) is 3.08. The number of hydrogen-bond acceptors (Lipinski definition) is 3. The molecule has 1 amide bonds. The lowest BCUT2D eigenvalue weighted by atomic mass is 9.70. The smallest absolute Gasteiger partial charge is 0.238 e. The van der Waals surface area contributed by atoms with Crippen molar-refractivity contribution in [2.75, 3.05) is 5.32 Å². The lowest BCUT2D eigenvalue weighted by Gasteiger charge is -2.32. The summed E-state index contributed by atoms with van der Waals surface area (Å²) in [7, 11) is 0. The Kier molecular flexibility index (Phi) is 4.19. The van der Waals surface area contributed by atoms with E-state index >= 15 is 0 Å². The van der Waals surface area contributed by atoms with Gasteiger partial charge in [0.25, 0.3) is 0 Å². The number of hydrogen-bond donors (Lipinski definition) is 1. The van der Waals surface area contributed by atoms with Gasteiger partial charge in [-0.3, -0.25) is 9.59 Å². The molecule has 0 saturated heterocycles. The molecule has 2 aromatic carbocycles. The molecule has 2 aliphatic rings. The first-order chi connectivity index (χ1) is 12.4. The van der Waals surface area contributed by atoms with Gasteiger partial charge in [-0.15, -0.1) is 0 Å². The average molecular weight is 365 g/mol. The molecule has 2 aliphatic carbocycles. The molecule has 0 radical (unpaired) electrons. The van der Waals surface area contributed by atoms with Gasteiger partial charge in [0.1, 0.15) is 5.41 Å². The second kappa shape index (κ2) is 6.27. The lowest BCUT2D eigenvalue weighted by molar-refractivity contribution is -0.142. The molecule has 0 heterocycles. The fraction of sp³-hybridized carbons (Fsp3) is 0.364. The summed E-state index contributed by atoms with van der Waals surface area (Å²) in [6.07, 6.45) is 2.34. The highest BCUT2D eigenvalue weighted by atomic mass is 32.2. The minimum atomic E-state index is -0.835. The van der Waals surface area contributed by atoms with E-state index < -0.39 is 5.41 Å². The number of para-hydroxylation sites is 1. The normalized spacial score (nSPS) is 26.1. The van der Waals surface area contributed by atoms with E-state index in [9.17, 15) is 9.59 Å². The molecule has 3 nitrogen and oxygen atoms in total. The van der Waals surface area contributed by atoms with Gasteiger partial charge in [-0.25, -0.2) is 0 Å². The van der Waals surface area contributed by atoms with Gasteiger partial charge in [-0.2, -0.15) is 0 Å². The van der Waals surface area contributed by atoms with Crippen LogP contribution in [0.5, 0.6) is 0 Å². The van der Waals surface area contributed by atoms with E-state index in [1.807, 2.05) is 68.4 Å². The summed E-state index contributed by atoms with van der Waals surface area (Å²) in [6, 6.07) is 17.9. The highest BCUT2D eigenvalue weighted by molar-refractivity contribution is 7.99. The highest BCUT2D eigenvalue weighted by Gasteiger charge is 2.65. The zero-order valence-electron chi connectivity index (χ0n) is 15.1. The summed E-state index contributed by atoms with van der Waals surface area (Å²) in [5.74, 6) is 0.318. The number of amides is 1. The molecule has 0 aromatic heterocycles. The van der Waals surface area contributed by atoms with Crippen molar-refractivity contribution in [1.82, 2.24) is 0 Å². The minimum Gasteiger partial charge on any atom is -0.324 e. The van der Waals surface area contributed by atoms with Gasteiger partial charge in [0.2, 0.25) is 5.91 Å². The first-order valence-electron chi connectivity index (χ1n) is 9.12. The molecule has 134 valence electrons. The standard InChI is InChI=1S/C22H23NO2S/c1-21(2)15-12-13-22(14-15,19(21)24)20(25)23-17-10-6-7-11-18(17)26-16-8-4-3-5-9-16/h3-11,15H,12-14H2,1-2H3,(H,23,25). The van der Waals surface area contributed by atoms with Crippen LogP contribution in [0.4, 0.5) is 5.69 Å². The van der Waals surface area contributed by atoms with Crippen molar-refractivity contribution in [2.45, 2.75) is 42.9 Å². The van der Waals surface area contributed by atoms with Crippen molar-refractivity contribution in [2.24, 2.45) is 16.7 Å². The van der Waals surface area contributed by atoms with Crippen LogP contribution in [0, 0.1) is 16.7 Å². The molecule has 2 bridgehead atoms. The van der Waals surface area contributed by atoms with Crippen LogP contribution in [0.25, 0.3) is 0 Å². The molecule has 2 atom stereocenters. The Morgan fingerprint density at radius 3 is 2.46 bits per heavy atom. The van der Waals surface area contributed by atoms with E-state index in [0.717, 1.165) is 21.9 Å². The SMILES string of the molecule is CC1(C)C(=O)C2(C(=O)Nc3ccccc3Sc3ccccc3)CCC1C2. The zero-order valence-corrected chi connectivity index (χ0v) is 15.9. The molecule has 4 heteroatoms. The van der Waals surface area contributed by atoms with Crippen LogP contribution in [0.1, 0.15) is 33.1 Å². The van der Waals surface area contributed by atoms with Crippen molar-refractivity contribution < 1.29 is 9.59 Å². The Morgan fingerprint density at radius 1 is 1.08 bits per heavy atom. The van der Waals surface area contributed by atoms with Crippen LogP contribution in [0.3, 0.4) is 0 Å². The van der Waals surface area contributed by atoms with Crippen molar-refractivity contribution in [1.29, 1.82) is 0 Å². The summed E-state index contributed by atoms with van der Waals surface area (Å²) in [4.78, 5) is 28.2. The fourth-order valence-corrected chi connectivity index (χ4v) is 5.42. The van der Waals surface area contributed by atoms with Gasteiger partial charge >= 0.3 is 0 Å². The Labute approximate surface area is 158 Å². The summed E-state index contributed by atoms with van der Waals surface area (Å²) in [6.45, 7) is 3.99. The monoisotopic (exact) mass is 365 g/mol. The van der Waals surface area contributed by atoms with Gasteiger partial charge in [0.15, 0.2) is 5.78 Å². The molecule has 0 aliphatic heterocycles. The summed E-state index contributed by atoms with van der Waals surface area (Å²) in [5.41, 5.74) is -0.436. The number of anilines is 1. The number of rotatable bonds is 4. The molecular weight excluding hydrogens is 342 g/mol. The maximum Gasteiger partial charge on any atom is 0.238 e. The van der Waals surface area contributed by atoms with Crippen LogP contribution in [0.15, 0.2) is 64.4 Å². The molecule has 4 rings (SSSR count). The predicted molar refractivity (Wildman–Crippen MR) is 104 cm³/mol. The topological polar surface area (TPSA) is 46.2 Å². The average Bonchev–Trinajstić information content (AvgIpc) is 3.17. The predicted octanol–water partition coefficient (Wildman–Crippen LogP) is 5.17. The Bertz CT molecular complexity index is 861. The fourth-order valence-electron chi connectivity index (χ4n) is 4.50. The number of ketones is 1. The van der Waals surface area contributed by atoms with E-state index in [2.05, 4.69) is 5.32 Å². The Hall–Kier alpha value is -2.07. The first kappa shape index (κ1) is 17.3.